The molecule has 0 atom stereocenters. The molecule has 2 heterocycles. The maximum absolute atomic E-state index is 13.2. The molecule has 0 saturated heterocycles. The van der Waals surface area contributed by atoms with Crippen LogP contribution in [-0.4, -0.2) is 26.8 Å². The van der Waals surface area contributed by atoms with Crippen molar-refractivity contribution in [2.45, 2.75) is 20.0 Å². The number of halogens is 1. The Balaban J connectivity index is 1.62. The lowest BCUT2D eigenvalue weighted by Gasteiger charge is -2.17. The second-order valence-electron chi connectivity index (χ2n) is 6.76. The Morgan fingerprint density at radius 2 is 1.72 bits per heavy atom. The molecule has 9 heteroatoms. The summed E-state index contributed by atoms with van der Waals surface area (Å²) in [6.07, 6.45) is 0. The molecule has 29 heavy (non-hydrogen) atoms. The molecule has 3 aromatic rings. The predicted octanol–water partition coefficient (Wildman–Crippen LogP) is 1.64. The fourth-order valence-corrected chi connectivity index (χ4v) is 3.17. The Morgan fingerprint density at radius 3 is 2.41 bits per heavy atom. The van der Waals surface area contributed by atoms with E-state index in [-0.39, 0.29) is 18.3 Å². The minimum absolute atomic E-state index is 0.240. The van der Waals surface area contributed by atoms with Gasteiger partial charge in [-0.25, -0.2) is 9.07 Å². The number of aryl methyl sites for hydroxylation is 1. The third kappa shape index (κ3) is 3.66. The van der Waals surface area contributed by atoms with Crippen LogP contribution in [0.15, 0.2) is 58.1 Å². The molecule has 0 fully saturated rings. The molecule has 0 spiro atoms. The van der Waals surface area contributed by atoms with Gasteiger partial charge < -0.3 is 10.2 Å². The Morgan fingerprint density at radius 1 is 1.03 bits per heavy atom. The van der Waals surface area contributed by atoms with Crippen LogP contribution in [0.4, 0.5) is 21.7 Å². The number of nitrogens with zero attached hydrogens (tertiary/aromatic N) is 4. The SMILES string of the molecule is Cc1ccc(NC(=O)Cn2nc3n(c(=O)c2=O)CCN3c2ccc(F)cc2)cc1. The van der Waals surface area contributed by atoms with Gasteiger partial charge in [-0.2, -0.15) is 0 Å². The van der Waals surface area contributed by atoms with Gasteiger partial charge in [0.1, 0.15) is 12.4 Å². The number of carbonyl (C=O) groups is 1. The van der Waals surface area contributed by atoms with Crippen molar-refractivity contribution in [2.24, 2.45) is 0 Å². The maximum atomic E-state index is 13.2. The highest BCUT2D eigenvalue weighted by Crippen LogP contribution is 2.26. The topological polar surface area (TPSA) is 89.2 Å². The fourth-order valence-electron chi connectivity index (χ4n) is 3.17. The molecule has 8 nitrogen and oxygen atoms in total. The Labute approximate surface area is 164 Å². The van der Waals surface area contributed by atoms with Gasteiger partial charge in [0.2, 0.25) is 11.9 Å². The zero-order valence-electron chi connectivity index (χ0n) is 15.6. The summed E-state index contributed by atoms with van der Waals surface area (Å²) >= 11 is 0. The van der Waals surface area contributed by atoms with Gasteiger partial charge in [0.05, 0.1) is 0 Å². The third-order valence-electron chi connectivity index (χ3n) is 4.67. The first-order valence-electron chi connectivity index (χ1n) is 9.04. The number of amides is 1. The number of hydrogen-bond acceptors (Lipinski definition) is 5. The molecular weight excluding hydrogens is 377 g/mol. The van der Waals surface area contributed by atoms with E-state index in [0.717, 1.165) is 10.2 Å². The summed E-state index contributed by atoms with van der Waals surface area (Å²) in [5.41, 5.74) is 0.656. The van der Waals surface area contributed by atoms with Gasteiger partial charge in [0, 0.05) is 24.5 Å². The van der Waals surface area contributed by atoms with Gasteiger partial charge in [-0.3, -0.25) is 19.0 Å². The van der Waals surface area contributed by atoms with E-state index in [1.807, 2.05) is 19.1 Å². The van der Waals surface area contributed by atoms with Crippen molar-refractivity contribution in [2.75, 3.05) is 16.8 Å². The molecular formula is C20H18FN5O3. The molecule has 1 N–H and O–H groups in total. The van der Waals surface area contributed by atoms with E-state index in [9.17, 15) is 18.8 Å². The van der Waals surface area contributed by atoms with Crippen LogP contribution < -0.4 is 21.3 Å². The largest absolute Gasteiger partial charge is 0.333 e. The summed E-state index contributed by atoms with van der Waals surface area (Å²) in [6, 6.07) is 12.9. The number of anilines is 3. The van der Waals surface area contributed by atoms with Crippen LogP contribution >= 0.6 is 0 Å². The van der Waals surface area contributed by atoms with E-state index >= 15 is 0 Å². The summed E-state index contributed by atoms with van der Waals surface area (Å²) < 4.78 is 15.3. The van der Waals surface area contributed by atoms with Gasteiger partial charge in [-0.15, -0.1) is 5.10 Å². The first-order valence-corrected chi connectivity index (χ1v) is 9.04. The van der Waals surface area contributed by atoms with Crippen molar-refractivity contribution in [3.63, 3.8) is 0 Å². The van der Waals surface area contributed by atoms with Crippen molar-refractivity contribution in [1.29, 1.82) is 0 Å². The minimum Gasteiger partial charge on any atom is -0.324 e. The van der Waals surface area contributed by atoms with Crippen molar-refractivity contribution >= 4 is 23.2 Å². The predicted molar refractivity (Wildman–Crippen MR) is 106 cm³/mol. The molecule has 1 aromatic heterocycles. The number of carbonyl (C=O) groups excluding carboxylic acids is 1. The van der Waals surface area contributed by atoms with Crippen LogP contribution in [0.1, 0.15) is 5.56 Å². The summed E-state index contributed by atoms with van der Waals surface area (Å²) in [7, 11) is 0. The van der Waals surface area contributed by atoms with Gasteiger partial charge in [0.25, 0.3) is 0 Å². The first-order chi connectivity index (χ1) is 13.9. The third-order valence-corrected chi connectivity index (χ3v) is 4.67. The Hall–Kier alpha value is -3.75. The quantitative estimate of drug-likeness (QED) is 0.679. The highest BCUT2D eigenvalue weighted by molar-refractivity contribution is 5.90. The highest BCUT2D eigenvalue weighted by Gasteiger charge is 2.26. The lowest BCUT2D eigenvalue weighted by atomic mass is 10.2. The first kappa shape index (κ1) is 18.6. The summed E-state index contributed by atoms with van der Waals surface area (Å²) in [5.74, 6) is -0.612. The number of nitrogens with one attached hydrogen (secondary N) is 1. The zero-order chi connectivity index (χ0) is 20.5. The van der Waals surface area contributed by atoms with E-state index in [1.165, 1.54) is 16.7 Å². The van der Waals surface area contributed by atoms with Gasteiger partial charge >= 0.3 is 11.1 Å². The molecule has 1 amide bonds. The molecule has 1 aliphatic heterocycles. The number of rotatable bonds is 4. The lowest BCUT2D eigenvalue weighted by molar-refractivity contribution is -0.117. The summed E-state index contributed by atoms with van der Waals surface area (Å²) in [6.45, 7) is 2.23. The Bertz CT molecular complexity index is 1180. The van der Waals surface area contributed by atoms with Crippen LogP contribution in [-0.2, 0) is 17.9 Å². The number of hydrogen-bond donors (Lipinski definition) is 1. The normalized spacial score (nSPS) is 12.7. The average Bonchev–Trinajstić information content (AvgIpc) is 3.12. The van der Waals surface area contributed by atoms with Crippen LogP contribution in [0.2, 0.25) is 0 Å². The second-order valence-corrected chi connectivity index (χ2v) is 6.76. The number of aromatic nitrogens is 3. The van der Waals surface area contributed by atoms with Gasteiger partial charge in [0.15, 0.2) is 0 Å². The van der Waals surface area contributed by atoms with Gasteiger partial charge in [-0.05, 0) is 43.3 Å². The maximum Gasteiger partial charge on any atom is 0.333 e. The van der Waals surface area contributed by atoms with Crippen LogP contribution in [0.5, 0.6) is 0 Å². The lowest BCUT2D eigenvalue weighted by Crippen LogP contribution is -2.44. The molecule has 0 bridgehead atoms. The van der Waals surface area contributed by atoms with Crippen LogP contribution in [0.25, 0.3) is 0 Å². The highest BCUT2D eigenvalue weighted by atomic mass is 19.1. The van der Waals surface area contributed by atoms with Crippen molar-refractivity contribution in [1.82, 2.24) is 14.3 Å². The van der Waals surface area contributed by atoms with Crippen LogP contribution in [0.3, 0.4) is 0 Å². The number of benzene rings is 2. The number of fused-ring (bicyclic) bond motifs is 1. The molecule has 2 aromatic carbocycles. The Kier molecular flexibility index (Phi) is 4.71. The smallest absolute Gasteiger partial charge is 0.324 e. The molecule has 0 saturated carbocycles. The second kappa shape index (κ2) is 7.34. The van der Waals surface area contributed by atoms with E-state index in [2.05, 4.69) is 10.4 Å². The van der Waals surface area contributed by atoms with E-state index in [1.54, 1.807) is 29.2 Å². The van der Waals surface area contributed by atoms with Crippen molar-refractivity contribution in [3.05, 3.63) is 80.6 Å². The monoisotopic (exact) mass is 395 g/mol. The minimum atomic E-state index is -0.867. The molecule has 4 rings (SSSR count). The molecule has 0 radical (unpaired) electrons. The molecule has 0 aliphatic carbocycles. The molecule has 148 valence electrons. The van der Waals surface area contributed by atoms with Crippen molar-refractivity contribution in [3.8, 4) is 0 Å². The zero-order valence-corrected chi connectivity index (χ0v) is 15.6. The van der Waals surface area contributed by atoms with Crippen LogP contribution in [0, 0.1) is 12.7 Å². The average molecular weight is 395 g/mol. The van der Waals surface area contributed by atoms with Gasteiger partial charge in [-0.1, -0.05) is 17.7 Å². The standard InChI is InChI=1S/C20H18FN5O3/c1-13-2-6-15(7-3-13)22-17(27)12-26-19(29)18(28)25-11-10-24(20(25)23-26)16-8-4-14(21)5-9-16/h2-9H,10-12H2,1H3,(H,22,27). The van der Waals surface area contributed by atoms with E-state index in [4.69, 9.17) is 0 Å². The van der Waals surface area contributed by atoms with E-state index < -0.39 is 23.6 Å². The molecule has 0 unspecified atom stereocenters. The summed E-state index contributed by atoms with van der Waals surface area (Å²) in [4.78, 5) is 38.9. The fraction of sp³-hybridized carbons (Fsp3) is 0.200. The summed E-state index contributed by atoms with van der Waals surface area (Å²) in [5, 5.41) is 6.91. The van der Waals surface area contributed by atoms with Crippen molar-refractivity contribution < 1.29 is 9.18 Å². The molecule has 1 aliphatic rings. The van der Waals surface area contributed by atoms with E-state index in [0.29, 0.717) is 17.9 Å².